The molecule has 128 valence electrons. The highest BCUT2D eigenvalue weighted by Crippen LogP contribution is 2.27. The van der Waals surface area contributed by atoms with Crippen molar-refractivity contribution in [3.63, 3.8) is 0 Å². The minimum absolute atomic E-state index is 0.142. The topological polar surface area (TPSA) is 51.0 Å². The van der Waals surface area contributed by atoms with Crippen molar-refractivity contribution in [1.82, 2.24) is 19.7 Å². The second-order valence-corrected chi connectivity index (χ2v) is 7.69. The van der Waals surface area contributed by atoms with Crippen LogP contribution < -0.4 is 0 Å². The Hall–Kier alpha value is -1.82. The highest BCUT2D eigenvalue weighted by Gasteiger charge is 2.25. The van der Waals surface area contributed by atoms with Crippen LogP contribution in [0, 0.1) is 6.92 Å². The standard InChI is InChI=1S/C18H24N4OS/c1-13-7-9-15(10-8-13)16-19-20-18(21(16)3)24-14(2)17(23)22-11-5-4-6-12-22/h7-10,14H,4-6,11-12H2,1-3H3/t14-/m0/s1. The molecule has 1 aromatic carbocycles. The summed E-state index contributed by atoms with van der Waals surface area (Å²) in [4.78, 5) is 14.6. The Morgan fingerprint density at radius 2 is 1.79 bits per heavy atom. The van der Waals surface area contributed by atoms with Crippen molar-refractivity contribution in [3.05, 3.63) is 29.8 Å². The quantitative estimate of drug-likeness (QED) is 0.799. The van der Waals surface area contributed by atoms with E-state index in [9.17, 15) is 4.79 Å². The third-order valence-electron chi connectivity index (χ3n) is 4.44. The molecule has 5 nitrogen and oxygen atoms in total. The van der Waals surface area contributed by atoms with Gasteiger partial charge in [0, 0.05) is 25.7 Å². The van der Waals surface area contributed by atoms with E-state index >= 15 is 0 Å². The fraction of sp³-hybridized carbons (Fsp3) is 0.500. The molecule has 1 atom stereocenters. The van der Waals surface area contributed by atoms with Gasteiger partial charge in [0.05, 0.1) is 5.25 Å². The van der Waals surface area contributed by atoms with Gasteiger partial charge >= 0.3 is 0 Å². The number of carbonyl (C=O) groups excluding carboxylic acids is 1. The Labute approximate surface area is 147 Å². The average Bonchev–Trinajstić information content (AvgIpc) is 2.96. The van der Waals surface area contributed by atoms with Crippen LogP contribution in [0.25, 0.3) is 11.4 Å². The van der Waals surface area contributed by atoms with Crippen LogP contribution in [0.5, 0.6) is 0 Å². The Balaban J connectivity index is 1.71. The molecule has 0 spiro atoms. The highest BCUT2D eigenvalue weighted by molar-refractivity contribution is 8.00. The van der Waals surface area contributed by atoms with Gasteiger partial charge in [-0.3, -0.25) is 4.79 Å². The molecule has 1 aliphatic heterocycles. The third-order valence-corrected chi connectivity index (χ3v) is 5.56. The molecule has 2 aromatic rings. The first-order valence-corrected chi connectivity index (χ1v) is 9.36. The number of hydrogen-bond donors (Lipinski definition) is 0. The van der Waals surface area contributed by atoms with Crippen molar-refractivity contribution >= 4 is 17.7 Å². The molecule has 0 saturated carbocycles. The maximum atomic E-state index is 12.6. The molecule has 0 N–H and O–H groups in total. The van der Waals surface area contributed by atoms with Crippen molar-refractivity contribution < 1.29 is 4.79 Å². The SMILES string of the molecule is Cc1ccc(-c2nnc(S[C@@H](C)C(=O)N3CCCCC3)n2C)cc1. The summed E-state index contributed by atoms with van der Waals surface area (Å²) in [5, 5.41) is 9.23. The molecular weight excluding hydrogens is 320 g/mol. The van der Waals surface area contributed by atoms with Crippen LogP contribution >= 0.6 is 11.8 Å². The van der Waals surface area contributed by atoms with E-state index in [1.165, 1.54) is 23.7 Å². The van der Waals surface area contributed by atoms with Crippen LogP contribution in [0.4, 0.5) is 0 Å². The van der Waals surface area contributed by atoms with Crippen molar-refractivity contribution in [3.8, 4) is 11.4 Å². The van der Waals surface area contributed by atoms with Crippen LogP contribution in [0.2, 0.25) is 0 Å². The molecule has 24 heavy (non-hydrogen) atoms. The van der Waals surface area contributed by atoms with E-state index in [-0.39, 0.29) is 11.2 Å². The smallest absolute Gasteiger partial charge is 0.235 e. The van der Waals surface area contributed by atoms with Gasteiger partial charge in [-0.2, -0.15) is 0 Å². The number of rotatable bonds is 4. The normalized spacial score (nSPS) is 16.2. The molecule has 0 unspecified atom stereocenters. The Morgan fingerprint density at radius 3 is 2.46 bits per heavy atom. The molecule has 0 radical (unpaired) electrons. The lowest BCUT2D eigenvalue weighted by atomic mass is 10.1. The van der Waals surface area contributed by atoms with Crippen LogP contribution in [-0.2, 0) is 11.8 Å². The van der Waals surface area contributed by atoms with E-state index in [1.807, 2.05) is 23.4 Å². The van der Waals surface area contributed by atoms with E-state index in [4.69, 9.17) is 0 Å². The molecular formula is C18H24N4OS. The predicted octanol–water partition coefficient (Wildman–Crippen LogP) is 3.28. The third kappa shape index (κ3) is 3.64. The maximum absolute atomic E-state index is 12.6. The van der Waals surface area contributed by atoms with E-state index in [0.29, 0.717) is 0 Å². The summed E-state index contributed by atoms with van der Waals surface area (Å²) in [5.74, 6) is 1.04. The molecule has 3 rings (SSSR count). The van der Waals surface area contributed by atoms with E-state index in [0.717, 1.165) is 42.5 Å². The summed E-state index contributed by atoms with van der Waals surface area (Å²) < 4.78 is 1.97. The fourth-order valence-electron chi connectivity index (χ4n) is 2.95. The van der Waals surface area contributed by atoms with Crippen molar-refractivity contribution in [1.29, 1.82) is 0 Å². The highest BCUT2D eigenvalue weighted by atomic mass is 32.2. The van der Waals surface area contributed by atoms with Gasteiger partial charge in [0.1, 0.15) is 0 Å². The lowest BCUT2D eigenvalue weighted by Crippen LogP contribution is -2.40. The van der Waals surface area contributed by atoms with Crippen molar-refractivity contribution in [2.24, 2.45) is 7.05 Å². The van der Waals surface area contributed by atoms with Gasteiger partial charge in [0.25, 0.3) is 0 Å². The zero-order valence-corrected chi connectivity index (χ0v) is 15.3. The van der Waals surface area contributed by atoms with Gasteiger partial charge < -0.3 is 9.47 Å². The minimum Gasteiger partial charge on any atom is -0.342 e. The summed E-state index contributed by atoms with van der Waals surface area (Å²) in [5.41, 5.74) is 2.26. The number of aromatic nitrogens is 3. The molecule has 1 aliphatic rings. The second-order valence-electron chi connectivity index (χ2n) is 6.38. The van der Waals surface area contributed by atoms with Crippen LogP contribution in [0.1, 0.15) is 31.7 Å². The number of hydrogen-bond acceptors (Lipinski definition) is 4. The Kier molecular flexibility index (Phi) is 5.23. The molecule has 1 aromatic heterocycles. The molecule has 2 heterocycles. The zero-order valence-electron chi connectivity index (χ0n) is 14.5. The summed E-state index contributed by atoms with van der Waals surface area (Å²) in [6, 6.07) is 8.24. The Bertz CT molecular complexity index is 704. The number of aryl methyl sites for hydroxylation is 1. The number of amides is 1. The van der Waals surface area contributed by atoms with Gasteiger partial charge in [-0.25, -0.2) is 0 Å². The van der Waals surface area contributed by atoms with Gasteiger partial charge in [-0.05, 0) is 33.1 Å². The first kappa shape index (κ1) is 17.0. The second kappa shape index (κ2) is 7.38. The van der Waals surface area contributed by atoms with Crippen LogP contribution in [0.15, 0.2) is 29.4 Å². The van der Waals surface area contributed by atoms with Gasteiger partial charge in [0.2, 0.25) is 5.91 Å². The molecule has 0 aliphatic carbocycles. The predicted molar refractivity (Wildman–Crippen MR) is 96.9 cm³/mol. The molecule has 0 bridgehead atoms. The number of piperidine rings is 1. The molecule has 6 heteroatoms. The zero-order chi connectivity index (χ0) is 17.1. The molecule has 1 fully saturated rings. The van der Waals surface area contributed by atoms with Crippen LogP contribution in [-0.4, -0.2) is 43.9 Å². The first-order chi connectivity index (χ1) is 11.6. The number of thioether (sulfide) groups is 1. The summed E-state index contributed by atoms with van der Waals surface area (Å²) >= 11 is 1.49. The van der Waals surface area contributed by atoms with Gasteiger partial charge in [0.15, 0.2) is 11.0 Å². The molecule has 1 saturated heterocycles. The lowest BCUT2D eigenvalue weighted by molar-refractivity contribution is -0.131. The Morgan fingerprint density at radius 1 is 1.12 bits per heavy atom. The fourth-order valence-corrected chi connectivity index (χ4v) is 3.85. The number of benzene rings is 1. The van der Waals surface area contributed by atoms with Gasteiger partial charge in [-0.1, -0.05) is 41.6 Å². The molecule has 1 amide bonds. The first-order valence-electron chi connectivity index (χ1n) is 8.48. The van der Waals surface area contributed by atoms with Gasteiger partial charge in [-0.15, -0.1) is 10.2 Å². The number of likely N-dealkylation sites (tertiary alicyclic amines) is 1. The largest absolute Gasteiger partial charge is 0.342 e. The summed E-state index contributed by atoms with van der Waals surface area (Å²) in [6.07, 6.45) is 3.46. The van der Waals surface area contributed by atoms with E-state index in [2.05, 4.69) is 41.4 Å². The summed E-state index contributed by atoms with van der Waals surface area (Å²) in [6.45, 7) is 5.80. The number of carbonyl (C=O) groups is 1. The van der Waals surface area contributed by atoms with Crippen molar-refractivity contribution in [2.45, 2.75) is 43.5 Å². The van der Waals surface area contributed by atoms with E-state index < -0.39 is 0 Å². The van der Waals surface area contributed by atoms with E-state index in [1.54, 1.807) is 0 Å². The van der Waals surface area contributed by atoms with Crippen LogP contribution in [0.3, 0.4) is 0 Å². The average molecular weight is 344 g/mol. The maximum Gasteiger partial charge on any atom is 0.235 e. The van der Waals surface area contributed by atoms with Crippen molar-refractivity contribution in [2.75, 3.05) is 13.1 Å². The minimum atomic E-state index is -0.142. The lowest BCUT2D eigenvalue weighted by Gasteiger charge is -2.28. The number of nitrogens with zero attached hydrogens (tertiary/aromatic N) is 4. The monoisotopic (exact) mass is 344 g/mol. The summed E-state index contributed by atoms with van der Waals surface area (Å²) in [7, 11) is 1.95.